The molecule has 0 aromatic carbocycles. The van der Waals surface area contributed by atoms with Crippen molar-refractivity contribution in [2.75, 3.05) is 0 Å². The first-order valence-corrected chi connectivity index (χ1v) is 4.05. The van der Waals surface area contributed by atoms with Gasteiger partial charge in [-0.25, -0.2) is 11.6 Å². The summed E-state index contributed by atoms with van der Waals surface area (Å²) < 4.78 is 0. The summed E-state index contributed by atoms with van der Waals surface area (Å²) >= 11 is 0. The van der Waals surface area contributed by atoms with Crippen LogP contribution in [0.5, 0.6) is 0 Å². The summed E-state index contributed by atoms with van der Waals surface area (Å²) in [7, 11) is 2.44. The molecule has 0 aromatic heterocycles. The van der Waals surface area contributed by atoms with Crippen LogP contribution in [0.1, 0.15) is 40.5 Å². The van der Waals surface area contributed by atoms with Gasteiger partial charge < -0.3 is 7.28 Å². The van der Waals surface area contributed by atoms with Crippen LogP contribution in [0.3, 0.4) is 0 Å². The van der Waals surface area contributed by atoms with E-state index in [1.807, 2.05) is 0 Å². The smallest absolute Gasteiger partial charge is 0.329 e. The Hall–Kier alpha value is 1.70. The van der Waals surface area contributed by atoms with Crippen LogP contribution in [0, 0.1) is 0 Å². The van der Waals surface area contributed by atoms with Crippen LogP contribution in [0.2, 0.25) is 11.6 Å². The number of rotatable bonds is 4. The molecule has 0 bridgehead atoms. The van der Waals surface area contributed by atoms with Crippen LogP contribution in [-0.4, -0.2) is 7.28 Å². The van der Waals surface area contributed by atoms with Gasteiger partial charge in [0.05, 0.1) is 0 Å². The molecule has 10 heavy (non-hydrogen) atoms. The van der Waals surface area contributed by atoms with Gasteiger partial charge in [-0.3, -0.25) is 0 Å². The molecule has 0 aliphatic heterocycles. The third-order valence-electron chi connectivity index (χ3n) is 1.94. The fraction of sp³-hybridized carbons (Fsp3) is 1.00. The molecule has 0 rings (SSSR count). The predicted molar refractivity (Wildman–Crippen MR) is 45.2 cm³/mol. The molecule has 2 unspecified atom stereocenters. The first-order valence-electron chi connectivity index (χ1n) is 4.05. The quantitative estimate of drug-likeness (QED) is 0.518. The average Bonchev–Trinajstić information content (AvgIpc) is 1.87. The van der Waals surface area contributed by atoms with Crippen molar-refractivity contribution in [3.8, 4) is 0 Å². The minimum absolute atomic E-state index is 0. The molecule has 2 heteroatoms. The van der Waals surface area contributed by atoms with Gasteiger partial charge in [0, 0.05) is 0 Å². The minimum atomic E-state index is 0. The maximum Gasteiger partial charge on any atom is 1.00 e. The van der Waals surface area contributed by atoms with E-state index in [4.69, 9.17) is 0 Å². The molecular weight excluding hydrogens is 146 g/mol. The second-order valence-corrected chi connectivity index (χ2v) is 2.96. The summed E-state index contributed by atoms with van der Waals surface area (Å²) in [5.74, 6) is 1.61. The summed E-state index contributed by atoms with van der Waals surface area (Å²) in [4.78, 5) is 0. The van der Waals surface area contributed by atoms with Gasteiger partial charge in [0.25, 0.3) is 0 Å². The zero-order valence-corrected chi connectivity index (χ0v) is 11.3. The molecule has 0 aliphatic rings. The van der Waals surface area contributed by atoms with E-state index in [9.17, 15) is 0 Å². The van der Waals surface area contributed by atoms with E-state index in [1.54, 1.807) is 0 Å². The van der Waals surface area contributed by atoms with E-state index >= 15 is 0 Å². The molecule has 0 saturated heterocycles. The number of hydrogen-bond acceptors (Lipinski definition) is 0. The molecule has 54 valence electrons. The van der Waals surface area contributed by atoms with Gasteiger partial charge >= 0.3 is 51.4 Å². The first kappa shape index (κ1) is 14.2. The van der Waals surface area contributed by atoms with Crippen molar-refractivity contribution in [3.05, 3.63) is 0 Å². The average molecular weight is 164 g/mol. The predicted octanol–water partition coefficient (Wildman–Crippen LogP) is 0.131. The van der Waals surface area contributed by atoms with Crippen LogP contribution in [-0.2, 0) is 0 Å². The van der Waals surface area contributed by atoms with E-state index in [0.29, 0.717) is 0 Å². The Kier molecular flexibility index (Phi) is 12.5. The molecule has 0 saturated carbocycles. The molecule has 2 atom stereocenters. The number of hydrogen-bond donors (Lipinski definition) is 0. The summed E-state index contributed by atoms with van der Waals surface area (Å²) in [6, 6.07) is 0. The fourth-order valence-electron chi connectivity index (χ4n) is 0.833. The van der Waals surface area contributed by atoms with Crippen LogP contribution >= 0.6 is 0 Å². The fourth-order valence-corrected chi connectivity index (χ4v) is 0.833. The summed E-state index contributed by atoms with van der Waals surface area (Å²) in [6.07, 6.45) is 2.56. The van der Waals surface area contributed by atoms with E-state index < -0.39 is 0 Å². The molecule has 0 aliphatic carbocycles. The molecular formula is C8H18BK. The van der Waals surface area contributed by atoms with Crippen LogP contribution < -0.4 is 51.4 Å². The maximum atomic E-state index is 2.44. The van der Waals surface area contributed by atoms with Crippen LogP contribution in [0.15, 0.2) is 0 Å². The van der Waals surface area contributed by atoms with Gasteiger partial charge in [0.2, 0.25) is 0 Å². The van der Waals surface area contributed by atoms with Crippen molar-refractivity contribution in [2.24, 2.45) is 0 Å². The third-order valence-corrected chi connectivity index (χ3v) is 1.94. The summed E-state index contributed by atoms with van der Waals surface area (Å²) in [5.41, 5.74) is 0. The van der Waals surface area contributed by atoms with Gasteiger partial charge in [-0.1, -0.05) is 40.5 Å². The minimum Gasteiger partial charge on any atom is -0.329 e. The van der Waals surface area contributed by atoms with Crippen molar-refractivity contribution in [3.63, 3.8) is 0 Å². The van der Waals surface area contributed by atoms with Gasteiger partial charge in [0.1, 0.15) is 0 Å². The first-order chi connectivity index (χ1) is 4.20. The van der Waals surface area contributed by atoms with Crippen molar-refractivity contribution in [1.29, 1.82) is 0 Å². The zero-order chi connectivity index (χ0) is 7.28. The van der Waals surface area contributed by atoms with Gasteiger partial charge in [-0.05, 0) is 0 Å². The van der Waals surface area contributed by atoms with Gasteiger partial charge in [-0.2, -0.15) is 0 Å². The summed E-state index contributed by atoms with van der Waals surface area (Å²) in [6.45, 7) is 9.05. The Labute approximate surface area is 109 Å². The third kappa shape index (κ3) is 7.80. The van der Waals surface area contributed by atoms with E-state index in [-0.39, 0.29) is 51.4 Å². The molecule has 0 heterocycles. The summed E-state index contributed by atoms with van der Waals surface area (Å²) in [5, 5.41) is 0. The molecule has 0 amide bonds. The van der Waals surface area contributed by atoms with Crippen LogP contribution in [0.4, 0.5) is 0 Å². The molecule has 0 aromatic rings. The second-order valence-electron chi connectivity index (χ2n) is 2.96. The Morgan fingerprint density at radius 1 is 1.00 bits per heavy atom. The monoisotopic (exact) mass is 164 g/mol. The topological polar surface area (TPSA) is 0 Å². The van der Waals surface area contributed by atoms with Crippen molar-refractivity contribution in [1.82, 2.24) is 0 Å². The zero-order valence-electron chi connectivity index (χ0n) is 8.15. The molecule has 0 N–H and O–H groups in total. The molecule has 0 fully saturated rings. The Balaban J connectivity index is 0. The van der Waals surface area contributed by atoms with Gasteiger partial charge in [-0.15, -0.1) is 0 Å². The standard InChI is InChI=1S/C8H18B.K/c1-5-7(3)9-8(4)6-2;/h7-8H,5-6H2,1-4H3;/q-1;+1. The second kappa shape index (κ2) is 8.79. The normalized spacial score (nSPS) is 15.6. The van der Waals surface area contributed by atoms with E-state index in [0.717, 1.165) is 11.6 Å². The largest absolute Gasteiger partial charge is 1.00 e. The molecule has 0 nitrogen and oxygen atoms in total. The van der Waals surface area contributed by atoms with E-state index in [1.165, 1.54) is 12.8 Å². The van der Waals surface area contributed by atoms with Gasteiger partial charge in [0.15, 0.2) is 0 Å². The molecule has 2 radical (unpaired) electrons. The van der Waals surface area contributed by atoms with Crippen molar-refractivity contribution < 1.29 is 51.4 Å². The Bertz CT molecular complexity index is 58.3. The van der Waals surface area contributed by atoms with Crippen LogP contribution in [0.25, 0.3) is 0 Å². The maximum absolute atomic E-state index is 2.44. The van der Waals surface area contributed by atoms with Crippen molar-refractivity contribution >= 4 is 7.28 Å². The van der Waals surface area contributed by atoms with E-state index in [2.05, 4.69) is 35.0 Å². The molecule has 0 spiro atoms. The SMILES string of the molecule is CCC(C)[B-]C(C)CC.[K+]. The Morgan fingerprint density at radius 2 is 1.30 bits per heavy atom. The van der Waals surface area contributed by atoms with Crippen molar-refractivity contribution in [2.45, 2.75) is 52.2 Å². The Morgan fingerprint density at radius 3 is 1.50 bits per heavy atom.